The number of nitro groups is 1. The molecule has 0 bridgehead atoms. The van der Waals surface area contributed by atoms with Gasteiger partial charge in [0.05, 0.1) is 17.7 Å². The molecule has 2 rings (SSSR count). The van der Waals surface area contributed by atoms with Crippen LogP contribution in [0.3, 0.4) is 0 Å². The summed E-state index contributed by atoms with van der Waals surface area (Å²) < 4.78 is 6.92. The van der Waals surface area contributed by atoms with Crippen LogP contribution >= 0.6 is 11.6 Å². The number of pyridine rings is 1. The molecule has 0 atom stereocenters. The summed E-state index contributed by atoms with van der Waals surface area (Å²) in [5.41, 5.74) is 0.107. The van der Waals surface area contributed by atoms with Gasteiger partial charge in [0.25, 0.3) is 11.2 Å². The second-order valence-corrected chi connectivity index (χ2v) is 5.58. The summed E-state index contributed by atoms with van der Waals surface area (Å²) >= 11 is 5.79. The third-order valence-electron chi connectivity index (χ3n) is 3.38. The molecule has 0 aliphatic heterocycles. The van der Waals surface area contributed by atoms with Crippen LogP contribution in [0.4, 0.5) is 5.69 Å². The largest absolute Gasteiger partial charge is 0.494 e. The average molecular weight is 337 g/mol. The van der Waals surface area contributed by atoms with Gasteiger partial charge in [-0.15, -0.1) is 0 Å². The molecule has 0 aliphatic carbocycles. The van der Waals surface area contributed by atoms with Crippen LogP contribution in [-0.4, -0.2) is 16.1 Å². The quantitative estimate of drug-likeness (QED) is 0.440. The van der Waals surface area contributed by atoms with Crippen LogP contribution in [-0.2, 0) is 6.54 Å². The maximum Gasteiger partial charge on any atom is 0.288 e. The van der Waals surface area contributed by atoms with Gasteiger partial charge < -0.3 is 9.30 Å². The fourth-order valence-electron chi connectivity index (χ4n) is 2.13. The maximum atomic E-state index is 11.8. The van der Waals surface area contributed by atoms with E-state index in [9.17, 15) is 14.9 Å². The molecule has 0 N–H and O–H groups in total. The van der Waals surface area contributed by atoms with E-state index in [1.54, 1.807) is 31.2 Å². The average Bonchev–Trinajstić information content (AvgIpc) is 2.50. The van der Waals surface area contributed by atoms with Crippen LogP contribution in [0.5, 0.6) is 5.75 Å². The molecule has 0 spiro atoms. The summed E-state index contributed by atoms with van der Waals surface area (Å²) in [7, 11) is 0. The molecule has 1 aromatic carbocycles. The van der Waals surface area contributed by atoms with Crippen molar-refractivity contribution in [1.82, 2.24) is 4.57 Å². The molecule has 7 heteroatoms. The molecular formula is C16H17ClN2O4. The van der Waals surface area contributed by atoms with Crippen molar-refractivity contribution in [1.29, 1.82) is 0 Å². The van der Waals surface area contributed by atoms with Crippen LogP contribution in [0, 0.1) is 17.0 Å². The molecule has 0 saturated heterocycles. The Morgan fingerprint density at radius 3 is 2.61 bits per heavy atom. The topological polar surface area (TPSA) is 74.4 Å². The van der Waals surface area contributed by atoms with Crippen molar-refractivity contribution in [3.63, 3.8) is 0 Å². The van der Waals surface area contributed by atoms with Crippen molar-refractivity contribution in [2.45, 2.75) is 26.3 Å². The van der Waals surface area contributed by atoms with E-state index in [0.717, 1.165) is 12.2 Å². The zero-order valence-corrected chi connectivity index (χ0v) is 13.5. The molecular weight excluding hydrogens is 320 g/mol. The number of aryl methyl sites for hydroxylation is 2. The summed E-state index contributed by atoms with van der Waals surface area (Å²) in [5, 5.41) is 11.6. The number of halogens is 1. The highest BCUT2D eigenvalue weighted by atomic mass is 35.5. The highest BCUT2D eigenvalue weighted by Gasteiger charge is 2.12. The monoisotopic (exact) mass is 336 g/mol. The van der Waals surface area contributed by atoms with Crippen molar-refractivity contribution in [3.8, 4) is 5.75 Å². The highest BCUT2D eigenvalue weighted by molar-refractivity contribution is 6.30. The second kappa shape index (κ2) is 7.78. The molecule has 23 heavy (non-hydrogen) atoms. The number of benzene rings is 1. The number of ether oxygens (including phenoxy) is 1. The summed E-state index contributed by atoms with van der Waals surface area (Å²) in [4.78, 5) is 22.3. The number of hydrogen-bond acceptors (Lipinski definition) is 4. The highest BCUT2D eigenvalue weighted by Crippen LogP contribution is 2.16. The molecule has 0 unspecified atom stereocenters. The van der Waals surface area contributed by atoms with Crippen LogP contribution in [0.2, 0.25) is 5.02 Å². The van der Waals surface area contributed by atoms with Gasteiger partial charge in [0.1, 0.15) is 5.75 Å². The summed E-state index contributed by atoms with van der Waals surface area (Å²) in [6.45, 7) is 2.48. The van der Waals surface area contributed by atoms with Crippen LogP contribution in [0.1, 0.15) is 18.4 Å². The van der Waals surface area contributed by atoms with Gasteiger partial charge in [0, 0.05) is 23.2 Å². The third-order valence-corrected chi connectivity index (χ3v) is 3.63. The molecule has 1 heterocycles. The van der Waals surface area contributed by atoms with Gasteiger partial charge >= 0.3 is 0 Å². The number of unbranched alkanes of at least 4 members (excludes halogenated alkanes) is 1. The van der Waals surface area contributed by atoms with Gasteiger partial charge in [-0.05, 0) is 44.0 Å². The fourth-order valence-corrected chi connectivity index (χ4v) is 2.25. The lowest BCUT2D eigenvalue weighted by Gasteiger charge is -2.08. The standard InChI is InChI=1S/C16H17ClN2O4/c1-12-10-16(20)18(11-15(12)19(21)22)8-2-3-9-23-14-6-4-13(17)5-7-14/h4-7,10-11H,2-3,8-9H2,1H3. The van der Waals surface area contributed by atoms with E-state index in [4.69, 9.17) is 16.3 Å². The first-order valence-corrected chi connectivity index (χ1v) is 7.59. The smallest absolute Gasteiger partial charge is 0.288 e. The first-order valence-electron chi connectivity index (χ1n) is 7.21. The zero-order valence-electron chi connectivity index (χ0n) is 12.7. The summed E-state index contributed by atoms with van der Waals surface area (Å²) in [6.07, 6.45) is 2.72. The minimum atomic E-state index is -0.477. The second-order valence-electron chi connectivity index (χ2n) is 5.14. The van der Waals surface area contributed by atoms with Crippen molar-refractivity contribution in [2.75, 3.05) is 6.61 Å². The first-order chi connectivity index (χ1) is 11.0. The van der Waals surface area contributed by atoms with E-state index in [-0.39, 0.29) is 11.2 Å². The molecule has 0 fully saturated rings. The molecule has 122 valence electrons. The van der Waals surface area contributed by atoms with Gasteiger partial charge in [0.2, 0.25) is 0 Å². The van der Waals surface area contributed by atoms with Crippen molar-refractivity contribution < 1.29 is 9.66 Å². The number of rotatable bonds is 7. The van der Waals surface area contributed by atoms with Gasteiger partial charge in [-0.25, -0.2) is 0 Å². The molecule has 0 radical (unpaired) electrons. The lowest BCUT2D eigenvalue weighted by atomic mass is 10.2. The van der Waals surface area contributed by atoms with Crippen molar-refractivity contribution >= 4 is 17.3 Å². The summed E-state index contributed by atoms with van der Waals surface area (Å²) in [5.74, 6) is 0.734. The number of aromatic nitrogens is 1. The Morgan fingerprint density at radius 1 is 1.26 bits per heavy atom. The lowest BCUT2D eigenvalue weighted by molar-refractivity contribution is -0.385. The predicted molar refractivity (Wildman–Crippen MR) is 88.3 cm³/mol. The first kappa shape index (κ1) is 17.0. The Balaban J connectivity index is 1.84. The normalized spacial score (nSPS) is 10.5. The molecule has 2 aromatic rings. The van der Waals surface area contributed by atoms with E-state index < -0.39 is 4.92 Å². The predicted octanol–water partition coefficient (Wildman–Crippen LogP) is 3.58. The molecule has 0 aliphatic rings. The Labute approximate surface area is 138 Å². The Bertz CT molecular complexity index is 741. The molecule has 0 amide bonds. The van der Waals surface area contributed by atoms with Gasteiger partial charge in [-0.2, -0.15) is 0 Å². The van der Waals surface area contributed by atoms with E-state index >= 15 is 0 Å². The van der Waals surface area contributed by atoms with E-state index in [1.165, 1.54) is 16.8 Å². The SMILES string of the molecule is Cc1cc(=O)n(CCCCOc2ccc(Cl)cc2)cc1[N+](=O)[O-]. The fraction of sp³-hybridized carbons (Fsp3) is 0.312. The number of hydrogen-bond donors (Lipinski definition) is 0. The van der Waals surface area contributed by atoms with E-state index in [1.807, 2.05) is 0 Å². The molecule has 1 aromatic heterocycles. The van der Waals surface area contributed by atoms with Crippen LogP contribution in [0.15, 0.2) is 41.3 Å². The van der Waals surface area contributed by atoms with Gasteiger partial charge in [-0.3, -0.25) is 14.9 Å². The molecule has 0 saturated carbocycles. The minimum Gasteiger partial charge on any atom is -0.494 e. The number of nitrogens with zero attached hydrogens (tertiary/aromatic N) is 2. The summed E-state index contributed by atoms with van der Waals surface area (Å²) in [6, 6.07) is 8.37. The van der Waals surface area contributed by atoms with Crippen molar-refractivity contribution in [2.24, 2.45) is 0 Å². The molecule has 6 nitrogen and oxygen atoms in total. The Morgan fingerprint density at radius 2 is 1.96 bits per heavy atom. The van der Waals surface area contributed by atoms with Crippen LogP contribution in [0.25, 0.3) is 0 Å². The Hall–Kier alpha value is -2.34. The van der Waals surface area contributed by atoms with Gasteiger partial charge in [-0.1, -0.05) is 11.6 Å². The van der Waals surface area contributed by atoms with Crippen LogP contribution < -0.4 is 10.3 Å². The van der Waals surface area contributed by atoms with E-state index in [0.29, 0.717) is 30.2 Å². The van der Waals surface area contributed by atoms with Gasteiger partial charge in [0.15, 0.2) is 0 Å². The minimum absolute atomic E-state index is 0.0398. The van der Waals surface area contributed by atoms with E-state index in [2.05, 4.69) is 0 Å². The third kappa shape index (κ3) is 4.82. The zero-order chi connectivity index (χ0) is 16.8. The lowest BCUT2D eigenvalue weighted by Crippen LogP contribution is -2.20. The Kier molecular flexibility index (Phi) is 5.76. The maximum absolute atomic E-state index is 11.8. The van der Waals surface area contributed by atoms with Crippen molar-refractivity contribution in [3.05, 3.63) is 67.6 Å².